The summed E-state index contributed by atoms with van der Waals surface area (Å²) in [5.41, 5.74) is -0.236. The second kappa shape index (κ2) is 14.6. The van der Waals surface area contributed by atoms with Gasteiger partial charge in [-0.1, -0.05) is 13.0 Å². The zero-order chi connectivity index (χ0) is 39.9. The van der Waals surface area contributed by atoms with Gasteiger partial charge in [-0.15, -0.1) is 0 Å². The number of hydrogen-bond donors (Lipinski definition) is 1. The number of aliphatic hydroxyl groups excluding tert-OH is 1. The minimum Gasteiger partial charge on any atom is -0.493 e. The molecule has 2 aromatic heterocycles. The number of ether oxygens (including phenoxy) is 2. The van der Waals surface area contributed by atoms with Gasteiger partial charge in [-0.05, 0) is 74.3 Å². The van der Waals surface area contributed by atoms with Crippen LogP contribution in [0.3, 0.4) is 0 Å². The van der Waals surface area contributed by atoms with Crippen LogP contribution in [-0.2, 0) is 16.9 Å². The van der Waals surface area contributed by atoms with E-state index in [0.717, 1.165) is 12.1 Å². The molecule has 0 spiro atoms. The molecule has 0 radical (unpaired) electrons. The van der Waals surface area contributed by atoms with Crippen molar-refractivity contribution in [3.05, 3.63) is 113 Å². The number of anilines is 2. The molecule has 0 saturated carbocycles. The van der Waals surface area contributed by atoms with Gasteiger partial charge in [-0.2, -0.15) is 10.2 Å². The fourth-order valence-corrected chi connectivity index (χ4v) is 6.89. The maximum Gasteiger partial charge on any atom is 0.350 e. The van der Waals surface area contributed by atoms with Gasteiger partial charge in [0, 0.05) is 55.1 Å². The van der Waals surface area contributed by atoms with Crippen molar-refractivity contribution in [3.63, 3.8) is 0 Å². The molecule has 0 bridgehead atoms. The molecule has 0 aliphatic carbocycles. The van der Waals surface area contributed by atoms with E-state index in [9.17, 15) is 14.3 Å². The molecule has 4 heterocycles. The second-order valence-electron chi connectivity index (χ2n) is 12.9. The largest absolute Gasteiger partial charge is 0.493 e. The summed E-state index contributed by atoms with van der Waals surface area (Å²) in [7, 11) is 0. The summed E-state index contributed by atoms with van der Waals surface area (Å²) in [6.45, 7) is 5.77. The molecule has 12 nitrogen and oxygen atoms in total. The first kappa shape index (κ1) is 28.6. The fraction of sp³-hybridized carbons (Fsp3) is 0.405. The van der Waals surface area contributed by atoms with Gasteiger partial charge in [0.1, 0.15) is 43.3 Å². The first-order valence-corrected chi connectivity index (χ1v) is 16.9. The molecule has 1 N–H and O–H groups in total. The molecule has 2 aliphatic rings. The van der Waals surface area contributed by atoms with Gasteiger partial charge in [0.15, 0.2) is 0 Å². The van der Waals surface area contributed by atoms with E-state index in [1.54, 1.807) is 31.2 Å². The molecule has 2 fully saturated rings. The predicted octanol–water partition coefficient (Wildman–Crippen LogP) is 4.57. The number of aromatic nitrogens is 6. The van der Waals surface area contributed by atoms with Crippen molar-refractivity contribution in [3.8, 4) is 11.4 Å². The lowest BCUT2D eigenvalue weighted by molar-refractivity contribution is -0.0206. The standard InChI is InChI=1S/C37H42F2N8O4/c1-3-35(26(2)48)47-36(49)46(25-42-47)31-7-5-29(6-8-31)43-14-16-44(17-15-43)30-9-11-32(12-10-30)50-20-27-19-37(51-21-27,22-45-24-40-23-41-45)33-13-4-28(38)18-34(33)39/h4-13,18,23-27,35,48H,3,14-17,19-22H2,1-2H3/t26-,27+,35-,37-/m0/s1/i7D,8D,11D,12D,24D. The van der Waals surface area contributed by atoms with Crippen molar-refractivity contribution in [2.45, 2.75) is 51.0 Å². The number of rotatable bonds is 12. The highest BCUT2D eigenvalue weighted by molar-refractivity contribution is 5.54. The zero-order valence-corrected chi connectivity index (χ0v) is 28.3. The number of nitrogens with zero attached hydrogens (tertiary/aromatic N) is 8. The molecule has 2 aliphatic heterocycles. The Kier molecular flexibility index (Phi) is 8.21. The number of aliphatic hydroxyl groups is 1. The van der Waals surface area contributed by atoms with E-state index in [1.807, 2.05) is 11.8 Å². The van der Waals surface area contributed by atoms with Crippen molar-refractivity contribution in [2.24, 2.45) is 5.92 Å². The van der Waals surface area contributed by atoms with Gasteiger partial charge in [-0.25, -0.2) is 32.5 Å². The van der Waals surface area contributed by atoms with Crippen LogP contribution in [0.4, 0.5) is 20.2 Å². The van der Waals surface area contributed by atoms with Crippen molar-refractivity contribution in [2.75, 3.05) is 49.2 Å². The Labute approximate surface area is 301 Å². The summed E-state index contributed by atoms with van der Waals surface area (Å²) >= 11 is 0. The molecule has 14 heteroatoms. The fourth-order valence-electron chi connectivity index (χ4n) is 6.89. The third-order valence-corrected chi connectivity index (χ3v) is 9.58. The smallest absolute Gasteiger partial charge is 0.350 e. The molecule has 3 aromatic carbocycles. The third kappa shape index (κ3) is 7.24. The van der Waals surface area contributed by atoms with Gasteiger partial charge in [0.2, 0.25) is 0 Å². The summed E-state index contributed by atoms with van der Waals surface area (Å²) < 4.78 is 87.6. The summed E-state index contributed by atoms with van der Waals surface area (Å²) in [5.74, 6) is -1.70. The van der Waals surface area contributed by atoms with Crippen LogP contribution in [0.25, 0.3) is 5.69 Å². The van der Waals surface area contributed by atoms with Crippen molar-refractivity contribution in [1.29, 1.82) is 0 Å². The highest BCUT2D eigenvalue weighted by Crippen LogP contribution is 2.42. The zero-order valence-electron chi connectivity index (χ0n) is 33.3. The highest BCUT2D eigenvalue weighted by Gasteiger charge is 2.44. The lowest BCUT2D eigenvalue weighted by Crippen LogP contribution is -2.46. The van der Waals surface area contributed by atoms with Crippen LogP contribution in [0.2, 0.25) is 0 Å². The number of halogens is 2. The number of piperazine rings is 1. The molecular weight excluding hydrogens is 658 g/mol. The summed E-state index contributed by atoms with van der Waals surface area (Å²) in [6, 6.07) is 9.29. The molecule has 2 saturated heterocycles. The molecule has 7 rings (SSSR count). The maximum absolute atomic E-state index is 15.1. The van der Waals surface area contributed by atoms with E-state index < -0.39 is 35.1 Å². The monoisotopic (exact) mass is 705 g/mol. The lowest BCUT2D eigenvalue weighted by Gasteiger charge is -2.37. The molecule has 0 unspecified atom stereocenters. The van der Waals surface area contributed by atoms with E-state index in [4.69, 9.17) is 16.3 Å². The van der Waals surface area contributed by atoms with Crippen LogP contribution in [0.5, 0.6) is 5.75 Å². The minimum absolute atomic E-state index is 0.00959. The van der Waals surface area contributed by atoms with Crippen LogP contribution in [-0.4, -0.2) is 79.7 Å². The Hall–Kier alpha value is -5.08. The van der Waals surface area contributed by atoms with Crippen LogP contribution < -0.4 is 20.2 Å². The maximum atomic E-state index is 15.1. The first-order chi connectivity index (χ1) is 26.8. The quantitative estimate of drug-likeness (QED) is 0.199. The molecule has 0 amide bonds. The Morgan fingerprint density at radius 3 is 2.31 bits per heavy atom. The van der Waals surface area contributed by atoms with E-state index in [0.29, 0.717) is 44.0 Å². The van der Waals surface area contributed by atoms with E-state index in [1.165, 1.54) is 32.7 Å². The lowest BCUT2D eigenvalue weighted by atomic mass is 9.87. The van der Waals surface area contributed by atoms with Crippen LogP contribution in [0, 0.1) is 17.6 Å². The Morgan fingerprint density at radius 1 is 1.02 bits per heavy atom. The Balaban J connectivity index is 0.998. The number of hydrogen-bond acceptors (Lipinski definition) is 9. The predicted molar refractivity (Wildman–Crippen MR) is 187 cm³/mol. The van der Waals surface area contributed by atoms with Crippen LogP contribution in [0.1, 0.15) is 45.1 Å². The van der Waals surface area contributed by atoms with Gasteiger partial charge in [-0.3, -0.25) is 0 Å². The Morgan fingerprint density at radius 2 is 1.71 bits per heavy atom. The highest BCUT2D eigenvalue weighted by atomic mass is 19.1. The molecule has 4 atom stereocenters. The van der Waals surface area contributed by atoms with E-state index >= 15 is 4.39 Å². The summed E-state index contributed by atoms with van der Waals surface area (Å²) in [6.07, 6.45) is 2.28. The molecule has 51 heavy (non-hydrogen) atoms. The number of benzene rings is 3. The molecular formula is C37H42F2N8O4. The van der Waals surface area contributed by atoms with Gasteiger partial charge < -0.3 is 24.4 Å². The summed E-state index contributed by atoms with van der Waals surface area (Å²) in [4.78, 5) is 21.1. The minimum atomic E-state index is -1.27. The van der Waals surface area contributed by atoms with Crippen molar-refractivity contribution >= 4 is 11.4 Å². The van der Waals surface area contributed by atoms with Gasteiger partial charge in [0.05, 0.1) is 43.1 Å². The first-order valence-electron chi connectivity index (χ1n) is 19.4. The van der Waals surface area contributed by atoms with Crippen molar-refractivity contribution in [1.82, 2.24) is 29.1 Å². The molecule has 5 aromatic rings. The second-order valence-corrected chi connectivity index (χ2v) is 12.9. The average Bonchev–Trinajstić information content (AvgIpc) is 3.86. The van der Waals surface area contributed by atoms with Crippen LogP contribution in [0.15, 0.2) is 90.4 Å². The van der Waals surface area contributed by atoms with Gasteiger partial charge >= 0.3 is 5.69 Å². The van der Waals surface area contributed by atoms with Crippen molar-refractivity contribution < 1.29 is 30.2 Å². The normalized spacial score (nSPS) is 21.8. The topological polar surface area (TPSA) is 116 Å². The molecule has 268 valence electrons. The third-order valence-electron chi connectivity index (χ3n) is 9.58. The summed E-state index contributed by atoms with van der Waals surface area (Å²) in [5, 5.41) is 18.3. The average molecular weight is 706 g/mol. The Bertz CT molecular complexity index is 2230. The van der Waals surface area contributed by atoms with Gasteiger partial charge in [0.25, 0.3) is 0 Å². The SMILES string of the molecule is [2H]c1cc(N2CCN(c3cc([2H])c(-n4cnn([C@@H](CC)[C@H](C)O)c4=O)c([2H])c3)CC2)cc([2H])c1OC[C@@H]1CO[C@@](Cn2ncnc2[2H])(c2ccc(F)cc2F)C1. The van der Waals surface area contributed by atoms with E-state index in [-0.39, 0.29) is 79.6 Å². The van der Waals surface area contributed by atoms with E-state index in [2.05, 4.69) is 20.1 Å². The van der Waals surface area contributed by atoms with Crippen LogP contribution >= 0.6 is 0 Å².